The molecule has 0 amide bonds. The second kappa shape index (κ2) is 7.68. The Balaban J connectivity index is 1.96. The average molecular weight is 387 g/mol. The van der Waals surface area contributed by atoms with Gasteiger partial charge in [-0.15, -0.1) is 0 Å². The van der Waals surface area contributed by atoms with Crippen LogP contribution in [-0.4, -0.2) is 12.9 Å². The Morgan fingerprint density at radius 3 is 2.38 bits per heavy atom. The van der Waals surface area contributed by atoms with E-state index in [1.807, 2.05) is 18.2 Å². The van der Waals surface area contributed by atoms with Crippen molar-refractivity contribution in [3.63, 3.8) is 0 Å². The summed E-state index contributed by atoms with van der Waals surface area (Å²) < 4.78 is 5.11. The lowest BCUT2D eigenvalue weighted by atomic mass is 10.0. The fourth-order valence-corrected chi connectivity index (χ4v) is 3.03. The molecule has 3 N–H and O–H groups in total. The molecular weight excluding hydrogens is 371 g/mol. The summed E-state index contributed by atoms with van der Waals surface area (Å²) in [6.45, 7) is 0. The maximum atomic E-state index is 12.9. The van der Waals surface area contributed by atoms with Gasteiger partial charge in [-0.05, 0) is 42.5 Å². The lowest BCUT2D eigenvalue weighted by Crippen LogP contribution is -2.05. The second-order valence-electron chi connectivity index (χ2n) is 5.55. The minimum absolute atomic E-state index is 0.271. The van der Waals surface area contributed by atoms with Crippen molar-refractivity contribution in [1.82, 2.24) is 0 Å². The molecule has 0 saturated carbocycles. The van der Waals surface area contributed by atoms with E-state index in [0.29, 0.717) is 44.0 Å². The van der Waals surface area contributed by atoms with Gasteiger partial charge < -0.3 is 15.8 Å². The van der Waals surface area contributed by atoms with Gasteiger partial charge in [0.1, 0.15) is 5.75 Å². The summed E-state index contributed by atoms with van der Waals surface area (Å²) in [6.07, 6.45) is 0. The van der Waals surface area contributed by atoms with Gasteiger partial charge in [-0.2, -0.15) is 0 Å². The molecule has 3 rings (SSSR count). The highest BCUT2D eigenvalue weighted by Crippen LogP contribution is 2.33. The van der Waals surface area contributed by atoms with E-state index >= 15 is 0 Å². The first-order chi connectivity index (χ1) is 12.5. The third kappa shape index (κ3) is 3.62. The molecular formula is C20H16Cl2N2O2. The van der Waals surface area contributed by atoms with Crippen molar-refractivity contribution in [2.75, 3.05) is 18.2 Å². The summed E-state index contributed by atoms with van der Waals surface area (Å²) in [5.74, 6) is 0.306. The number of para-hydroxylation sites is 2. The van der Waals surface area contributed by atoms with Crippen LogP contribution in [0.2, 0.25) is 10.0 Å². The Labute approximate surface area is 161 Å². The van der Waals surface area contributed by atoms with Crippen LogP contribution in [0, 0.1) is 0 Å². The molecule has 0 bridgehead atoms. The molecule has 0 fully saturated rings. The molecule has 132 valence electrons. The summed E-state index contributed by atoms with van der Waals surface area (Å²) in [7, 11) is 1.54. The van der Waals surface area contributed by atoms with Crippen LogP contribution in [0.5, 0.6) is 5.75 Å². The number of ketones is 1. The monoisotopic (exact) mass is 386 g/mol. The third-order valence-corrected chi connectivity index (χ3v) is 4.61. The molecule has 3 aromatic carbocycles. The number of hydrogen-bond acceptors (Lipinski definition) is 4. The molecule has 0 aliphatic heterocycles. The van der Waals surface area contributed by atoms with E-state index in [9.17, 15) is 4.79 Å². The molecule has 4 nitrogen and oxygen atoms in total. The number of carbonyl (C=O) groups excluding carboxylic acids is 1. The normalized spacial score (nSPS) is 10.4. The van der Waals surface area contributed by atoms with Crippen molar-refractivity contribution in [2.24, 2.45) is 0 Å². The van der Waals surface area contributed by atoms with E-state index in [2.05, 4.69) is 5.32 Å². The zero-order valence-corrected chi connectivity index (χ0v) is 15.4. The first-order valence-corrected chi connectivity index (χ1v) is 8.55. The first-order valence-electron chi connectivity index (χ1n) is 7.79. The fourth-order valence-electron chi connectivity index (χ4n) is 2.51. The van der Waals surface area contributed by atoms with Crippen molar-refractivity contribution >= 4 is 46.0 Å². The predicted molar refractivity (Wildman–Crippen MR) is 107 cm³/mol. The highest BCUT2D eigenvalue weighted by Gasteiger charge is 2.18. The maximum absolute atomic E-state index is 12.9. The van der Waals surface area contributed by atoms with Crippen molar-refractivity contribution < 1.29 is 9.53 Å². The molecule has 0 heterocycles. The maximum Gasteiger partial charge on any atom is 0.196 e. The van der Waals surface area contributed by atoms with Crippen LogP contribution in [0.25, 0.3) is 0 Å². The Morgan fingerprint density at radius 1 is 0.962 bits per heavy atom. The molecule has 0 aliphatic rings. The molecule has 26 heavy (non-hydrogen) atoms. The molecule has 0 aliphatic carbocycles. The molecule has 0 aromatic heterocycles. The number of rotatable bonds is 5. The summed E-state index contributed by atoms with van der Waals surface area (Å²) in [6, 6.07) is 17.4. The predicted octanol–water partition coefficient (Wildman–Crippen LogP) is 5.56. The quantitative estimate of drug-likeness (QED) is 0.445. The minimum Gasteiger partial charge on any atom is -0.497 e. The molecule has 3 aromatic rings. The Hall–Kier alpha value is -2.69. The third-order valence-electron chi connectivity index (χ3n) is 3.89. The zero-order chi connectivity index (χ0) is 18.7. The molecule has 6 heteroatoms. The van der Waals surface area contributed by atoms with Crippen LogP contribution in [0.3, 0.4) is 0 Å². The average Bonchev–Trinajstić information content (AvgIpc) is 2.64. The molecule has 0 saturated heterocycles. The van der Waals surface area contributed by atoms with Gasteiger partial charge in [0.2, 0.25) is 0 Å². The standard InChI is InChI=1S/C20H16Cl2N2O2/c1-26-12-9-10-13(15(21)11-12)20(25)14-5-4-8-18(19(14)22)24-17-7-3-2-6-16(17)23/h2-11,24H,23H2,1H3. The van der Waals surface area contributed by atoms with Gasteiger partial charge >= 0.3 is 0 Å². The number of halogens is 2. The number of ether oxygens (including phenoxy) is 1. The largest absolute Gasteiger partial charge is 0.497 e. The summed E-state index contributed by atoms with van der Waals surface area (Å²) >= 11 is 12.7. The lowest BCUT2D eigenvalue weighted by molar-refractivity contribution is 0.103. The SMILES string of the molecule is COc1ccc(C(=O)c2cccc(Nc3ccccc3N)c2Cl)c(Cl)c1. The molecule has 0 spiro atoms. The molecule has 0 unspecified atom stereocenters. The number of anilines is 3. The van der Waals surface area contributed by atoms with Crippen LogP contribution < -0.4 is 15.8 Å². The van der Waals surface area contributed by atoms with E-state index in [-0.39, 0.29) is 5.78 Å². The summed E-state index contributed by atoms with van der Waals surface area (Å²) in [5, 5.41) is 3.76. The van der Waals surface area contributed by atoms with Crippen LogP contribution in [-0.2, 0) is 0 Å². The van der Waals surface area contributed by atoms with Crippen molar-refractivity contribution in [3.05, 3.63) is 81.8 Å². The lowest BCUT2D eigenvalue weighted by Gasteiger charge is -2.13. The van der Waals surface area contributed by atoms with E-state index in [0.717, 1.165) is 0 Å². The fraction of sp³-hybridized carbons (Fsp3) is 0.0500. The minimum atomic E-state index is -0.271. The van der Waals surface area contributed by atoms with Gasteiger partial charge in [0.15, 0.2) is 5.78 Å². The van der Waals surface area contributed by atoms with Crippen LogP contribution >= 0.6 is 23.2 Å². The van der Waals surface area contributed by atoms with Gasteiger partial charge in [0.25, 0.3) is 0 Å². The van der Waals surface area contributed by atoms with Gasteiger partial charge in [0, 0.05) is 11.1 Å². The molecule has 0 radical (unpaired) electrons. The van der Waals surface area contributed by atoms with Crippen molar-refractivity contribution in [3.8, 4) is 5.75 Å². The van der Waals surface area contributed by atoms with E-state index in [1.54, 1.807) is 42.5 Å². The summed E-state index contributed by atoms with van der Waals surface area (Å²) in [5.41, 5.74) is 8.53. The Kier molecular flexibility index (Phi) is 5.35. The van der Waals surface area contributed by atoms with Gasteiger partial charge in [0.05, 0.1) is 34.2 Å². The number of hydrogen-bond donors (Lipinski definition) is 2. The van der Waals surface area contributed by atoms with E-state index in [4.69, 9.17) is 33.7 Å². The Bertz CT molecular complexity index is 974. The van der Waals surface area contributed by atoms with Crippen LogP contribution in [0.1, 0.15) is 15.9 Å². The number of carbonyl (C=O) groups is 1. The number of nitrogen functional groups attached to an aromatic ring is 1. The van der Waals surface area contributed by atoms with Crippen LogP contribution in [0.15, 0.2) is 60.7 Å². The van der Waals surface area contributed by atoms with E-state index < -0.39 is 0 Å². The van der Waals surface area contributed by atoms with E-state index in [1.165, 1.54) is 7.11 Å². The zero-order valence-electron chi connectivity index (χ0n) is 13.9. The first kappa shape index (κ1) is 18.1. The number of benzene rings is 3. The number of methoxy groups -OCH3 is 1. The Morgan fingerprint density at radius 2 is 1.69 bits per heavy atom. The van der Waals surface area contributed by atoms with Gasteiger partial charge in [-0.1, -0.05) is 41.4 Å². The van der Waals surface area contributed by atoms with Crippen molar-refractivity contribution in [1.29, 1.82) is 0 Å². The van der Waals surface area contributed by atoms with Crippen molar-refractivity contribution in [2.45, 2.75) is 0 Å². The number of nitrogens with two attached hydrogens (primary N) is 1. The smallest absolute Gasteiger partial charge is 0.196 e. The van der Waals surface area contributed by atoms with Gasteiger partial charge in [-0.3, -0.25) is 4.79 Å². The molecule has 0 atom stereocenters. The highest BCUT2D eigenvalue weighted by molar-refractivity contribution is 6.39. The number of nitrogens with one attached hydrogen (secondary N) is 1. The second-order valence-corrected chi connectivity index (χ2v) is 6.34. The topological polar surface area (TPSA) is 64.3 Å². The van der Waals surface area contributed by atoms with Gasteiger partial charge in [-0.25, -0.2) is 0 Å². The highest BCUT2D eigenvalue weighted by atomic mass is 35.5. The van der Waals surface area contributed by atoms with Crippen LogP contribution in [0.4, 0.5) is 17.1 Å². The summed E-state index contributed by atoms with van der Waals surface area (Å²) in [4.78, 5) is 12.9.